The molecule has 4 rings (SSSR count). The number of hydrogen-bond acceptors (Lipinski definition) is 4. The number of carbonyl (C=O) groups is 2. The molecule has 2 heterocycles. The Bertz CT molecular complexity index is 1210. The van der Waals surface area contributed by atoms with Gasteiger partial charge < -0.3 is 15.0 Å². The van der Waals surface area contributed by atoms with Gasteiger partial charge in [-0.25, -0.2) is 9.48 Å². The van der Waals surface area contributed by atoms with E-state index in [1.54, 1.807) is 46.1 Å². The number of nitrogens with zero attached hydrogens (tertiary/aromatic N) is 3. The molecule has 1 aliphatic rings. The van der Waals surface area contributed by atoms with E-state index < -0.39 is 5.60 Å². The van der Waals surface area contributed by atoms with Crippen LogP contribution in [0.3, 0.4) is 0 Å². The van der Waals surface area contributed by atoms with Crippen molar-refractivity contribution in [3.05, 3.63) is 76.0 Å². The number of benzene rings is 2. The fourth-order valence-electron chi connectivity index (χ4n) is 4.13. The summed E-state index contributed by atoms with van der Waals surface area (Å²) in [6.45, 7) is 6.61. The minimum Gasteiger partial charge on any atom is -0.444 e. The van der Waals surface area contributed by atoms with Crippen LogP contribution in [0.25, 0.3) is 5.69 Å². The maximum Gasteiger partial charge on any atom is 0.410 e. The van der Waals surface area contributed by atoms with Crippen LogP contribution in [0.1, 0.15) is 55.6 Å². The third kappa shape index (κ3) is 5.97. The Labute approximate surface area is 215 Å². The summed E-state index contributed by atoms with van der Waals surface area (Å²) in [4.78, 5) is 27.6. The first-order chi connectivity index (χ1) is 16.6. The van der Waals surface area contributed by atoms with Gasteiger partial charge in [0.25, 0.3) is 5.91 Å². The number of halogens is 2. The SMILES string of the molecule is CC(C)(C)OC(=O)N1CCC(c2c(C(=O)Nc3ccccc3Cl)cnn2-c2ccc(Cl)cc2)CC1. The predicted octanol–water partition coefficient (Wildman–Crippen LogP) is 6.55. The number of carbonyl (C=O) groups excluding carboxylic acids is 2. The van der Waals surface area contributed by atoms with Gasteiger partial charge >= 0.3 is 6.09 Å². The second-order valence-electron chi connectivity index (χ2n) is 9.51. The molecule has 184 valence electrons. The van der Waals surface area contributed by atoms with E-state index in [0.717, 1.165) is 11.4 Å². The molecule has 35 heavy (non-hydrogen) atoms. The van der Waals surface area contributed by atoms with Gasteiger partial charge in [-0.15, -0.1) is 0 Å². The molecule has 1 aromatic heterocycles. The van der Waals surface area contributed by atoms with E-state index in [4.69, 9.17) is 27.9 Å². The number of para-hydroxylation sites is 1. The molecule has 9 heteroatoms. The molecular weight excluding hydrogens is 487 g/mol. The van der Waals surface area contributed by atoms with Crippen molar-refractivity contribution in [3.8, 4) is 5.69 Å². The summed E-state index contributed by atoms with van der Waals surface area (Å²) in [7, 11) is 0. The van der Waals surface area contributed by atoms with Crippen molar-refractivity contribution in [1.29, 1.82) is 0 Å². The largest absolute Gasteiger partial charge is 0.444 e. The molecule has 7 nitrogen and oxygen atoms in total. The Hall–Kier alpha value is -3.03. The Balaban J connectivity index is 1.62. The summed E-state index contributed by atoms with van der Waals surface area (Å²) in [5, 5.41) is 8.53. The molecule has 0 atom stereocenters. The minimum atomic E-state index is -0.550. The van der Waals surface area contributed by atoms with Crippen molar-refractivity contribution >= 4 is 40.9 Å². The third-order valence-corrected chi connectivity index (χ3v) is 6.36. The number of ether oxygens (including phenoxy) is 1. The molecule has 0 radical (unpaired) electrons. The fraction of sp³-hybridized carbons (Fsp3) is 0.346. The van der Waals surface area contributed by atoms with Crippen molar-refractivity contribution in [2.75, 3.05) is 18.4 Å². The van der Waals surface area contributed by atoms with Crippen molar-refractivity contribution in [3.63, 3.8) is 0 Å². The number of nitrogens with one attached hydrogen (secondary N) is 1. The Morgan fingerprint density at radius 3 is 2.31 bits per heavy atom. The van der Waals surface area contributed by atoms with Gasteiger partial charge in [0.2, 0.25) is 0 Å². The molecule has 0 unspecified atom stereocenters. The van der Waals surface area contributed by atoms with Gasteiger partial charge in [0.05, 0.1) is 33.9 Å². The van der Waals surface area contributed by atoms with Crippen molar-refractivity contribution in [2.24, 2.45) is 0 Å². The lowest BCUT2D eigenvalue weighted by atomic mass is 9.90. The third-order valence-electron chi connectivity index (χ3n) is 5.78. The minimum absolute atomic E-state index is 0.0128. The van der Waals surface area contributed by atoms with E-state index in [9.17, 15) is 9.59 Å². The number of aromatic nitrogens is 2. The highest BCUT2D eigenvalue weighted by atomic mass is 35.5. The Morgan fingerprint density at radius 1 is 1.03 bits per heavy atom. The number of hydrogen-bond donors (Lipinski definition) is 1. The second kappa shape index (κ2) is 10.3. The summed E-state index contributed by atoms with van der Waals surface area (Å²) in [6.07, 6.45) is 2.60. The van der Waals surface area contributed by atoms with Gasteiger partial charge in [0.15, 0.2) is 0 Å². The number of rotatable bonds is 4. The first kappa shape index (κ1) is 25.1. The normalized spacial score (nSPS) is 14.6. The zero-order valence-corrected chi connectivity index (χ0v) is 21.4. The van der Waals surface area contributed by atoms with Gasteiger partial charge in [0.1, 0.15) is 5.60 Å². The molecular formula is C26H28Cl2N4O3. The molecule has 1 fully saturated rings. The van der Waals surface area contributed by atoms with Gasteiger partial charge in [-0.1, -0.05) is 35.3 Å². The smallest absolute Gasteiger partial charge is 0.410 e. The monoisotopic (exact) mass is 514 g/mol. The quantitative estimate of drug-likeness (QED) is 0.428. The number of amides is 2. The van der Waals surface area contributed by atoms with Crippen LogP contribution in [0.5, 0.6) is 0 Å². The van der Waals surface area contributed by atoms with Crippen LogP contribution >= 0.6 is 23.2 Å². The van der Waals surface area contributed by atoms with E-state index in [2.05, 4.69) is 10.4 Å². The van der Waals surface area contributed by atoms with Crippen LogP contribution < -0.4 is 5.32 Å². The van der Waals surface area contributed by atoms with Crippen LogP contribution in [-0.4, -0.2) is 45.4 Å². The molecule has 0 spiro atoms. The molecule has 0 bridgehead atoms. The van der Waals surface area contributed by atoms with Crippen molar-refractivity contribution < 1.29 is 14.3 Å². The van der Waals surface area contributed by atoms with Gasteiger partial charge in [0, 0.05) is 24.0 Å². The predicted molar refractivity (Wildman–Crippen MR) is 138 cm³/mol. The molecule has 0 saturated carbocycles. The van der Waals surface area contributed by atoms with Crippen molar-refractivity contribution in [1.82, 2.24) is 14.7 Å². The highest BCUT2D eigenvalue weighted by Crippen LogP contribution is 2.33. The molecule has 0 aliphatic carbocycles. The Morgan fingerprint density at radius 2 is 1.69 bits per heavy atom. The zero-order valence-electron chi connectivity index (χ0n) is 19.9. The summed E-state index contributed by atoms with van der Waals surface area (Å²) < 4.78 is 7.31. The standard InChI is InChI=1S/C26H28Cl2N4O3/c1-26(2,3)35-25(34)31-14-12-17(13-15-31)23-20(24(33)30-22-7-5-4-6-21(22)28)16-29-32(23)19-10-8-18(27)9-11-19/h4-11,16-17H,12-15H2,1-3H3,(H,30,33). The lowest BCUT2D eigenvalue weighted by Crippen LogP contribution is -2.41. The lowest BCUT2D eigenvalue weighted by molar-refractivity contribution is 0.0203. The summed E-state index contributed by atoms with van der Waals surface area (Å²) >= 11 is 12.3. The maximum atomic E-state index is 13.3. The average Bonchev–Trinajstić information content (AvgIpc) is 3.25. The van der Waals surface area contributed by atoms with Crippen molar-refractivity contribution in [2.45, 2.75) is 45.1 Å². The average molecular weight is 515 g/mol. The van der Waals surface area contributed by atoms with Gasteiger partial charge in [-0.05, 0) is 70.0 Å². The maximum absolute atomic E-state index is 13.3. The molecule has 1 aliphatic heterocycles. The molecule has 2 amide bonds. The van der Waals surface area contributed by atoms with Crippen LogP contribution in [0.4, 0.5) is 10.5 Å². The first-order valence-electron chi connectivity index (χ1n) is 11.5. The molecule has 3 aromatic rings. The lowest BCUT2D eigenvalue weighted by Gasteiger charge is -2.34. The first-order valence-corrected chi connectivity index (χ1v) is 12.3. The van der Waals surface area contributed by atoms with E-state index in [1.165, 1.54) is 0 Å². The molecule has 2 aromatic carbocycles. The zero-order chi connectivity index (χ0) is 25.2. The van der Waals surface area contributed by atoms with E-state index in [1.807, 2.05) is 39.0 Å². The molecule has 1 saturated heterocycles. The Kier molecular flexibility index (Phi) is 7.38. The van der Waals surface area contributed by atoms with Gasteiger partial charge in [-0.3, -0.25) is 4.79 Å². The van der Waals surface area contributed by atoms with E-state index >= 15 is 0 Å². The van der Waals surface area contributed by atoms with Crippen LogP contribution in [0.2, 0.25) is 10.0 Å². The molecule has 1 N–H and O–H groups in total. The summed E-state index contributed by atoms with van der Waals surface area (Å²) in [6, 6.07) is 14.4. The van der Waals surface area contributed by atoms with E-state index in [0.29, 0.717) is 47.2 Å². The number of likely N-dealkylation sites (tertiary alicyclic amines) is 1. The summed E-state index contributed by atoms with van der Waals surface area (Å²) in [5.41, 5.74) is 2.04. The number of anilines is 1. The fourth-order valence-corrected chi connectivity index (χ4v) is 4.44. The number of piperidine rings is 1. The topological polar surface area (TPSA) is 76.5 Å². The summed E-state index contributed by atoms with van der Waals surface area (Å²) in [5.74, 6) is -0.276. The van der Waals surface area contributed by atoms with Crippen LogP contribution in [-0.2, 0) is 4.74 Å². The highest BCUT2D eigenvalue weighted by molar-refractivity contribution is 6.34. The van der Waals surface area contributed by atoms with Gasteiger partial charge in [-0.2, -0.15) is 5.10 Å². The van der Waals surface area contributed by atoms with E-state index in [-0.39, 0.29) is 17.9 Å². The van der Waals surface area contributed by atoms with Crippen LogP contribution in [0.15, 0.2) is 54.7 Å². The van der Waals surface area contributed by atoms with Crippen LogP contribution in [0, 0.1) is 0 Å². The second-order valence-corrected chi connectivity index (χ2v) is 10.4. The highest BCUT2D eigenvalue weighted by Gasteiger charge is 2.32.